The van der Waals surface area contributed by atoms with Gasteiger partial charge in [0.05, 0.1) is 5.52 Å². The molecule has 2 heteroatoms. The Morgan fingerprint density at radius 2 is 2.23 bits per heavy atom. The van der Waals surface area contributed by atoms with Crippen LogP contribution in [0.3, 0.4) is 0 Å². The van der Waals surface area contributed by atoms with Crippen molar-refractivity contribution in [1.29, 1.82) is 0 Å². The van der Waals surface area contributed by atoms with E-state index in [1.807, 2.05) is 19.1 Å². The minimum Gasteiger partial charge on any atom is -0.256 e. The van der Waals surface area contributed by atoms with Gasteiger partial charge in [-0.05, 0) is 30.2 Å². The molecule has 0 aliphatic heterocycles. The molecule has 0 spiro atoms. The molecule has 0 radical (unpaired) electrons. The van der Waals surface area contributed by atoms with E-state index in [1.165, 1.54) is 6.07 Å². The highest BCUT2D eigenvalue weighted by Gasteiger charge is 2.00. The van der Waals surface area contributed by atoms with Crippen LogP contribution in [0.5, 0.6) is 0 Å². The van der Waals surface area contributed by atoms with Crippen LogP contribution in [-0.4, -0.2) is 4.98 Å². The van der Waals surface area contributed by atoms with Crippen LogP contribution in [0.15, 0.2) is 30.5 Å². The zero-order valence-electron chi connectivity index (χ0n) is 7.42. The Hall–Kier alpha value is -1.44. The number of halogens is 1. The molecule has 66 valence electrons. The summed E-state index contributed by atoms with van der Waals surface area (Å²) in [4.78, 5) is 4.17. The molecule has 0 aliphatic rings. The van der Waals surface area contributed by atoms with Crippen LogP contribution in [0.25, 0.3) is 10.9 Å². The Labute approximate surface area is 76.2 Å². The molecule has 1 nitrogen and oxygen atoms in total. The van der Waals surface area contributed by atoms with Crippen molar-refractivity contribution in [2.45, 2.75) is 13.3 Å². The Balaban J connectivity index is 2.74. The first kappa shape index (κ1) is 8.17. The third-order valence-corrected chi connectivity index (χ3v) is 2.14. The third kappa shape index (κ3) is 1.39. The monoisotopic (exact) mass is 175 g/mol. The molecular weight excluding hydrogens is 165 g/mol. The summed E-state index contributed by atoms with van der Waals surface area (Å²) >= 11 is 0. The average molecular weight is 175 g/mol. The van der Waals surface area contributed by atoms with Crippen LogP contribution in [-0.2, 0) is 6.42 Å². The van der Waals surface area contributed by atoms with E-state index in [0.29, 0.717) is 5.39 Å². The molecule has 0 atom stereocenters. The standard InChI is InChI=1S/C11H10FN/c1-2-8-6-9-10(12)4-3-5-11(9)13-7-8/h3-7H,2H2,1H3. The van der Waals surface area contributed by atoms with E-state index in [2.05, 4.69) is 4.98 Å². The normalized spacial score (nSPS) is 10.6. The highest BCUT2D eigenvalue weighted by Crippen LogP contribution is 2.16. The van der Waals surface area contributed by atoms with E-state index in [1.54, 1.807) is 12.3 Å². The Morgan fingerprint density at radius 3 is 3.00 bits per heavy atom. The van der Waals surface area contributed by atoms with E-state index in [-0.39, 0.29) is 5.82 Å². The number of benzene rings is 1. The van der Waals surface area contributed by atoms with Crippen molar-refractivity contribution in [3.05, 3.63) is 41.8 Å². The Kier molecular flexibility index (Phi) is 1.97. The van der Waals surface area contributed by atoms with Gasteiger partial charge < -0.3 is 0 Å². The molecule has 1 aromatic heterocycles. The van der Waals surface area contributed by atoms with Gasteiger partial charge in [-0.25, -0.2) is 4.39 Å². The van der Waals surface area contributed by atoms with Crippen molar-refractivity contribution in [1.82, 2.24) is 4.98 Å². The lowest BCUT2D eigenvalue weighted by atomic mass is 10.1. The predicted molar refractivity (Wildman–Crippen MR) is 51.1 cm³/mol. The Morgan fingerprint density at radius 1 is 1.38 bits per heavy atom. The quantitative estimate of drug-likeness (QED) is 0.649. The van der Waals surface area contributed by atoms with Gasteiger partial charge in [-0.2, -0.15) is 0 Å². The molecule has 0 bridgehead atoms. The fraction of sp³-hybridized carbons (Fsp3) is 0.182. The lowest BCUT2D eigenvalue weighted by molar-refractivity contribution is 0.639. The van der Waals surface area contributed by atoms with E-state index < -0.39 is 0 Å². The first-order chi connectivity index (χ1) is 6.31. The van der Waals surface area contributed by atoms with Crippen molar-refractivity contribution in [2.24, 2.45) is 0 Å². The SMILES string of the molecule is CCc1cnc2cccc(F)c2c1. The van der Waals surface area contributed by atoms with Crippen LogP contribution >= 0.6 is 0 Å². The van der Waals surface area contributed by atoms with Crippen LogP contribution < -0.4 is 0 Å². The summed E-state index contributed by atoms with van der Waals surface area (Å²) < 4.78 is 13.3. The first-order valence-electron chi connectivity index (χ1n) is 4.34. The van der Waals surface area contributed by atoms with E-state index in [0.717, 1.165) is 17.5 Å². The second-order valence-electron chi connectivity index (χ2n) is 3.00. The van der Waals surface area contributed by atoms with E-state index in [9.17, 15) is 4.39 Å². The van der Waals surface area contributed by atoms with Crippen LogP contribution in [0.2, 0.25) is 0 Å². The summed E-state index contributed by atoms with van der Waals surface area (Å²) in [5.74, 6) is -0.194. The summed E-state index contributed by atoms with van der Waals surface area (Å²) in [7, 11) is 0. The maximum atomic E-state index is 13.3. The zero-order valence-corrected chi connectivity index (χ0v) is 7.42. The topological polar surface area (TPSA) is 12.9 Å². The lowest BCUT2D eigenvalue weighted by Crippen LogP contribution is -1.87. The van der Waals surface area contributed by atoms with Crippen molar-refractivity contribution in [3.8, 4) is 0 Å². The average Bonchev–Trinajstić information content (AvgIpc) is 2.18. The zero-order chi connectivity index (χ0) is 9.26. The predicted octanol–water partition coefficient (Wildman–Crippen LogP) is 2.94. The summed E-state index contributed by atoms with van der Waals surface area (Å²) in [6.07, 6.45) is 2.68. The highest BCUT2D eigenvalue weighted by atomic mass is 19.1. The van der Waals surface area contributed by atoms with Gasteiger partial charge in [0.15, 0.2) is 0 Å². The molecule has 0 saturated carbocycles. The molecule has 0 aliphatic carbocycles. The molecule has 2 aromatic rings. The molecule has 0 saturated heterocycles. The van der Waals surface area contributed by atoms with Gasteiger partial charge in [0.1, 0.15) is 5.82 Å². The molecule has 0 amide bonds. The number of aromatic nitrogens is 1. The minimum atomic E-state index is -0.194. The van der Waals surface area contributed by atoms with Gasteiger partial charge in [-0.3, -0.25) is 4.98 Å². The molecule has 0 N–H and O–H groups in total. The van der Waals surface area contributed by atoms with Gasteiger partial charge in [0.25, 0.3) is 0 Å². The van der Waals surface area contributed by atoms with Crippen molar-refractivity contribution < 1.29 is 4.39 Å². The number of aryl methyl sites for hydroxylation is 1. The number of hydrogen-bond acceptors (Lipinski definition) is 1. The van der Waals surface area contributed by atoms with Crippen molar-refractivity contribution >= 4 is 10.9 Å². The van der Waals surface area contributed by atoms with Gasteiger partial charge in [-0.15, -0.1) is 0 Å². The molecule has 0 unspecified atom stereocenters. The first-order valence-corrected chi connectivity index (χ1v) is 4.34. The maximum Gasteiger partial charge on any atom is 0.132 e. The molecule has 1 heterocycles. The molecule has 0 fully saturated rings. The Bertz CT molecular complexity index is 437. The van der Waals surface area contributed by atoms with Crippen molar-refractivity contribution in [3.63, 3.8) is 0 Å². The molecule has 13 heavy (non-hydrogen) atoms. The highest BCUT2D eigenvalue weighted by molar-refractivity contribution is 5.79. The van der Waals surface area contributed by atoms with Crippen LogP contribution in [0.1, 0.15) is 12.5 Å². The number of fused-ring (bicyclic) bond motifs is 1. The molecular formula is C11H10FN. The second-order valence-corrected chi connectivity index (χ2v) is 3.00. The smallest absolute Gasteiger partial charge is 0.132 e. The van der Waals surface area contributed by atoms with Gasteiger partial charge >= 0.3 is 0 Å². The van der Waals surface area contributed by atoms with Crippen LogP contribution in [0.4, 0.5) is 4.39 Å². The van der Waals surface area contributed by atoms with Crippen molar-refractivity contribution in [2.75, 3.05) is 0 Å². The number of hydrogen-bond donors (Lipinski definition) is 0. The van der Waals surface area contributed by atoms with Gasteiger partial charge in [0.2, 0.25) is 0 Å². The number of pyridine rings is 1. The lowest BCUT2D eigenvalue weighted by Gasteiger charge is -2.00. The van der Waals surface area contributed by atoms with E-state index >= 15 is 0 Å². The third-order valence-electron chi connectivity index (χ3n) is 2.14. The fourth-order valence-corrected chi connectivity index (χ4v) is 1.35. The summed E-state index contributed by atoms with van der Waals surface area (Å²) in [5, 5.41) is 0.613. The summed E-state index contributed by atoms with van der Waals surface area (Å²) in [6, 6.07) is 6.81. The minimum absolute atomic E-state index is 0.194. The second kappa shape index (κ2) is 3.13. The van der Waals surface area contributed by atoms with E-state index in [4.69, 9.17) is 0 Å². The van der Waals surface area contributed by atoms with Gasteiger partial charge in [-0.1, -0.05) is 13.0 Å². The molecule has 1 aromatic carbocycles. The molecule has 2 rings (SSSR count). The summed E-state index contributed by atoms with van der Waals surface area (Å²) in [6.45, 7) is 2.03. The van der Waals surface area contributed by atoms with Gasteiger partial charge in [0, 0.05) is 11.6 Å². The largest absolute Gasteiger partial charge is 0.256 e. The fourth-order valence-electron chi connectivity index (χ4n) is 1.35. The number of nitrogens with zero attached hydrogens (tertiary/aromatic N) is 1. The van der Waals surface area contributed by atoms with Crippen LogP contribution in [0, 0.1) is 5.82 Å². The summed E-state index contributed by atoms with van der Waals surface area (Å²) in [5.41, 5.74) is 1.79. The maximum absolute atomic E-state index is 13.3. The number of rotatable bonds is 1.